The third-order valence-corrected chi connectivity index (χ3v) is 5.71. The van der Waals surface area contributed by atoms with E-state index >= 15 is 0 Å². The van der Waals surface area contributed by atoms with E-state index in [1.54, 1.807) is 25.2 Å². The van der Waals surface area contributed by atoms with Gasteiger partial charge < -0.3 is 14.4 Å². The van der Waals surface area contributed by atoms with Crippen molar-refractivity contribution in [1.82, 2.24) is 9.88 Å². The maximum Gasteiger partial charge on any atom is 0.269 e. The summed E-state index contributed by atoms with van der Waals surface area (Å²) in [5.41, 5.74) is 1.01. The van der Waals surface area contributed by atoms with Crippen molar-refractivity contribution in [3.05, 3.63) is 52.1 Å². The summed E-state index contributed by atoms with van der Waals surface area (Å²) < 4.78 is 11.6. The second-order valence-corrected chi connectivity index (χ2v) is 8.10. The number of nitro groups is 1. The molecule has 0 saturated carbocycles. The van der Waals surface area contributed by atoms with Gasteiger partial charge in [0.1, 0.15) is 0 Å². The fourth-order valence-electron chi connectivity index (χ4n) is 3.07. The van der Waals surface area contributed by atoms with Crippen LogP contribution in [0.25, 0.3) is 10.2 Å². The molecule has 3 aromatic rings. The number of aromatic nitrogens is 1. The molecular formula is C21H25ClN4O5S. The normalized spacial score (nSPS) is 10.7. The van der Waals surface area contributed by atoms with Crippen LogP contribution < -0.4 is 14.4 Å². The van der Waals surface area contributed by atoms with E-state index in [2.05, 4.69) is 4.98 Å². The Morgan fingerprint density at radius 3 is 2.28 bits per heavy atom. The largest absolute Gasteiger partial charge is 0.493 e. The van der Waals surface area contributed by atoms with Crippen LogP contribution >= 0.6 is 23.7 Å². The van der Waals surface area contributed by atoms with Crippen molar-refractivity contribution in [2.45, 2.75) is 6.42 Å². The number of nitrogens with zero attached hydrogens (tertiary/aromatic N) is 4. The van der Waals surface area contributed by atoms with Crippen LogP contribution in [0.3, 0.4) is 0 Å². The highest BCUT2D eigenvalue weighted by atomic mass is 35.5. The Balaban J connectivity index is 0.00000363. The van der Waals surface area contributed by atoms with E-state index in [-0.39, 0.29) is 24.0 Å². The van der Waals surface area contributed by atoms with Gasteiger partial charge in [0.25, 0.3) is 11.6 Å². The van der Waals surface area contributed by atoms with Gasteiger partial charge in [0.05, 0.1) is 29.4 Å². The molecule has 0 bridgehead atoms. The second-order valence-electron chi connectivity index (χ2n) is 7.09. The minimum Gasteiger partial charge on any atom is -0.493 e. The zero-order valence-corrected chi connectivity index (χ0v) is 19.9. The molecule has 0 aliphatic carbocycles. The molecule has 2 aromatic carbocycles. The van der Waals surface area contributed by atoms with Crippen LogP contribution in [0, 0.1) is 10.1 Å². The Kier molecular flexibility index (Phi) is 8.76. The molecule has 11 heteroatoms. The van der Waals surface area contributed by atoms with Gasteiger partial charge in [-0.3, -0.25) is 19.8 Å². The molecule has 3 rings (SSSR count). The number of nitro benzene ring substituents is 1. The lowest BCUT2D eigenvalue weighted by molar-refractivity contribution is -0.384. The topological polar surface area (TPSA) is 98.0 Å². The first-order valence-corrected chi connectivity index (χ1v) is 10.4. The number of anilines is 1. The molecule has 32 heavy (non-hydrogen) atoms. The van der Waals surface area contributed by atoms with Gasteiger partial charge in [0.2, 0.25) is 0 Å². The predicted molar refractivity (Wildman–Crippen MR) is 128 cm³/mol. The Morgan fingerprint density at radius 1 is 1.09 bits per heavy atom. The van der Waals surface area contributed by atoms with E-state index in [9.17, 15) is 14.9 Å². The SMILES string of the molecule is COc1cc2nc(N(CCCN(C)C)C(=O)c3ccc([N+](=O)[O-])cc3)sc2cc1OC.Cl. The van der Waals surface area contributed by atoms with Crippen molar-refractivity contribution in [2.24, 2.45) is 0 Å². The van der Waals surface area contributed by atoms with Crippen molar-refractivity contribution >= 4 is 50.7 Å². The Hall–Kier alpha value is -2.95. The van der Waals surface area contributed by atoms with Crippen LogP contribution in [-0.4, -0.2) is 62.1 Å². The Morgan fingerprint density at radius 2 is 1.72 bits per heavy atom. The lowest BCUT2D eigenvalue weighted by atomic mass is 10.2. The van der Waals surface area contributed by atoms with Crippen molar-refractivity contribution in [3.63, 3.8) is 0 Å². The average Bonchev–Trinajstić information content (AvgIpc) is 3.17. The number of carbonyl (C=O) groups is 1. The van der Waals surface area contributed by atoms with Gasteiger partial charge in [0.15, 0.2) is 16.6 Å². The fraction of sp³-hybridized carbons (Fsp3) is 0.333. The third-order valence-electron chi connectivity index (χ3n) is 4.67. The first kappa shape index (κ1) is 25.3. The van der Waals surface area contributed by atoms with E-state index in [0.29, 0.717) is 34.3 Å². The van der Waals surface area contributed by atoms with Gasteiger partial charge in [-0.05, 0) is 39.2 Å². The number of hydrogen-bond acceptors (Lipinski definition) is 8. The molecule has 172 valence electrons. The van der Waals surface area contributed by atoms with E-state index < -0.39 is 4.92 Å². The highest BCUT2D eigenvalue weighted by molar-refractivity contribution is 7.22. The summed E-state index contributed by atoms with van der Waals surface area (Å²) in [6.07, 6.45) is 0.744. The summed E-state index contributed by atoms with van der Waals surface area (Å²) >= 11 is 1.38. The van der Waals surface area contributed by atoms with Gasteiger partial charge in [-0.25, -0.2) is 4.98 Å². The van der Waals surface area contributed by atoms with E-state index in [0.717, 1.165) is 17.7 Å². The standard InChI is InChI=1S/C21H24N4O5S.ClH/c1-23(2)10-5-11-24(20(26)14-6-8-15(9-7-14)25(27)28)21-22-16-12-17(29-3)18(30-4)13-19(16)31-21;/h6-9,12-13H,5,10-11H2,1-4H3;1H. The lowest BCUT2D eigenvalue weighted by Gasteiger charge is -2.21. The van der Waals surface area contributed by atoms with Gasteiger partial charge in [-0.15, -0.1) is 12.4 Å². The molecule has 0 aliphatic rings. The zero-order valence-electron chi connectivity index (χ0n) is 18.2. The number of amides is 1. The Labute approximate surface area is 196 Å². The summed E-state index contributed by atoms with van der Waals surface area (Å²) in [6.45, 7) is 1.26. The van der Waals surface area contributed by atoms with Gasteiger partial charge in [-0.2, -0.15) is 0 Å². The number of fused-ring (bicyclic) bond motifs is 1. The summed E-state index contributed by atoms with van der Waals surface area (Å²) in [5.74, 6) is 0.894. The summed E-state index contributed by atoms with van der Waals surface area (Å²) in [4.78, 5) is 32.0. The van der Waals surface area contributed by atoms with Gasteiger partial charge >= 0.3 is 0 Å². The Bertz CT molecular complexity index is 1050. The number of halogens is 1. The van der Waals surface area contributed by atoms with Crippen molar-refractivity contribution in [1.29, 1.82) is 0 Å². The fourth-order valence-corrected chi connectivity index (χ4v) is 4.07. The second kappa shape index (κ2) is 11.1. The van der Waals surface area contributed by atoms with Gasteiger partial charge in [0, 0.05) is 36.4 Å². The quantitative estimate of drug-likeness (QED) is 0.333. The van der Waals surface area contributed by atoms with Crippen LogP contribution in [0.15, 0.2) is 36.4 Å². The van der Waals surface area contributed by atoms with Crippen molar-refractivity contribution in [3.8, 4) is 11.5 Å². The van der Waals surface area contributed by atoms with Crippen LogP contribution in [0.2, 0.25) is 0 Å². The predicted octanol–water partition coefficient (Wildman–Crippen LogP) is 4.24. The average molecular weight is 481 g/mol. The zero-order chi connectivity index (χ0) is 22.5. The molecule has 0 aliphatic heterocycles. The molecule has 0 spiro atoms. The van der Waals surface area contributed by atoms with E-state index in [4.69, 9.17) is 9.47 Å². The molecule has 1 aromatic heterocycles. The highest BCUT2D eigenvalue weighted by Crippen LogP contribution is 2.37. The molecule has 0 saturated heterocycles. The van der Waals surface area contributed by atoms with E-state index in [1.807, 2.05) is 25.1 Å². The molecule has 0 fully saturated rings. The number of thiazole rings is 1. The van der Waals surface area contributed by atoms with Crippen LogP contribution in [0.1, 0.15) is 16.8 Å². The van der Waals surface area contributed by atoms with E-state index in [1.165, 1.54) is 35.6 Å². The first-order chi connectivity index (χ1) is 14.8. The smallest absolute Gasteiger partial charge is 0.269 e. The number of ether oxygens (including phenoxy) is 2. The molecule has 1 heterocycles. The monoisotopic (exact) mass is 480 g/mol. The van der Waals surface area contributed by atoms with Crippen molar-refractivity contribution < 1.29 is 19.2 Å². The minimum atomic E-state index is -0.489. The number of carbonyl (C=O) groups excluding carboxylic acids is 1. The molecule has 1 amide bonds. The summed E-state index contributed by atoms with van der Waals surface area (Å²) in [6, 6.07) is 9.22. The molecule has 0 radical (unpaired) electrons. The lowest BCUT2D eigenvalue weighted by Crippen LogP contribution is -2.33. The molecule has 0 unspecified atom stereocenters. The summed E-state index contributed by atoms with van der Waals surface area (Å²) in [5, 5.41) is 11.5. The maximum absolute atomic E-state index is 13.3. The molecular weight excluding hydrogens is 456 g/mol. The first-order valence-electron chi connectivity index (χ1n) is 9.57. The highest BCUT2D eigenvalue weighted by Gasteiger charge is 2.22. The van der Waals surface area contributed by atoms with Crippen LogP contribution in [0.4, 0.5) is 10.8 Å². The third kappa shape index (κ3) is 5.64. The van der Waals surface area contributed by atoms with Crippen molar-refractivity contribution in [2.75, 3.05) is 46.3 Å². The number of rotatable bonds is 9. The summed E-state index contributed by atoms with van der Waals surface area (Å²) in [7, 11) is 7.07. The van der Waals surface area contributed by atoms with Gasteiger partial charge in [-0.1, -0.05) is 11.3 Å². The number of hydrogen-bond donors (Lipinski definition) is 0. The minimum absolute atomic E-state index is 0. The number of methoxy groups -OCH3 is 2. The maximum atomic E-state index is 13.3. The number of non-ortho nitro benzene ring substituents is 1. The van der Waals surface area contributed by atoms with Crippen LogP contribution in [0.5, 0.6) is 11.5 Å². The molecule has 0 atom stereocenters. The molecule has 0 N–H and O–H groups in total. The van der Waals surface area contributed by atoms with Crippen LogP contribution in [-0.2, 0) is 0 Å². The number of benzene rings is 2. The molecule has 9 nitrogen and oxygen atoms in total.